The zero-order valence-corrected chi connectivity index (χ0v) is 12.7. The van der Waals surface area contributed by atoms with Gasteiger partial charge in [0.2, 0.25) is 0 Å². The van der Waals surface area contributed by atoms with E-state index in [1.807, 2.05) is 6.07 Å². The van der Waals surface area contributed by atoms with Crippen molar-refractivity contribution in [3.63, 3.8) is 0 Å². The van der Waals surface area contributed by atoms with Crippen molar-refractivity contribution in [3.8, 4) is 11.5 Å². The molecule has 1 heterocycles. The average Bonchev–Trinajstić information content (AvgIpc) is 2.50. The van der Waals surface area contributed by atoms with Gasteiger partial charge in [0.25, 0.3) is 0 Å². The topological polar surface area (TPSA) is 39.7 Å². The molecule has 1 aliphatic rings. The number of hydrogen-bond acceptors (Lipinski definition) is 4. The van der Waals surface area contributed by atoms with Crippen molar-refractivity contribution in [1.29, 1.82) is 0 Å². The number of benzene rings is 1. The lowest BCUT2D eigenvalue weighted by atomic mass is 9.88. The molecule has 1 aliphatic heterocycles. The van der Waals surface area contributed by atoms with E-state index in [9.17, 15) is 0 Å². The van der Waals surface area contributed by atoms with Crippen molar-refractivity contribution in [2.45, 2.75) is 25.9 Å². The first-order chi connectivity index (χ1) is 9.78. The van der Waals surface area contributed by atoms with Crippen LogP contribution in [-0.4, -0.2) is 34.4 Å². The quantitative estimate of drug-likeness (QED) is 0.868. The van der Waals surface area contributed by atoms with Gasteiger partial charge in [0, 0.05) is 18.7 Å². The zero-order chi connectivity index (χ0) is 14.4. The van der Waals surface area contributed by atoms with Crippen LogP contribution in [0.15, 0.2) is 12.1 Å². The number of ether oxygens (including phenoxy) is 3. The maximum absolute atomic E-state index is 5.57. The second-order valence-corrected chi connectivity index (χ2v) is 5.30. The molecule has 112 valence electrons. The standard InChI is InChI=1S/C16H25NO3/c1-18-11-13-9-14(19-2)10-16(20-3)15(13)8-12-4-6-17-7-5-12/h9-10,12,17H,4-8,11H2,1-3H3. The summed E-state index contributed by atoms with van der Waals surface area (Å²) in [7, 11) is 5.12. The molecule has 0 radical (unpaired) electrons. The maximum Gasteiger partial charge on any atom is 0.126 e. The predicted octanol–water partition coefficient (Wildman–Crippen LogP) is 2.39. The molecule has 0 aliphatic carbocycles. The molecule has 0 amide bonds. The van der Waals surface area contributed by atoms with Crippen LogP contribution >= 0.6 is 0 Å². The lowest BCUT2D eigenvalue weighted by molar-refractivity contribution is 0.183. The molecule has 1 fully saturated rings. The summed E-state index contributed by atoms with van der Waals surface area (Å²) in [4.78, 5) is 0. The first-order valence-corrected chi connectivity index (χ1v) is 7.22. The SMILES string of the molecule is COCc1cc(OC)cc(OC)c1CC1CCNCC1. The van der Waals surface area contributed by atoms with Gasteiger partial charge in [-0.2, -0.15) is 0 Å². The van der Waals surface area contributed by atoms with Gasteiger partial charge in [-0.15, -0.1) is 0 Å². The summed E-state index contributed by atoms with van der Waals surface area (Å²) >= 11 is 0. The third-order valence-electron chi connectivity index (χ3n) is 3.98. The van der Waals surface area contributed by atoms with Crippen LogP contribution in [0, 0.1) is 5.92 Å². The third-order valence-corrected chi connectivity index (χ3v) is 3.98. The summed E-state index contributed by atoms with van der Waals surface area (Å²) in [5.74, 6) is 2.45. The van der Waals surface area contributed by atoms with Crippen molar-refractivity contribution in [2.75, 3.05) is 34.4 Å². The van der Waals surface area contributed by atoms with Gasteiger partial charge >= 0.3 is 0 Å². The third kappa shape index (κ3) is 3.64. The minimum atomic E-state index is 0.591. The molecule has 0 spiro atoms. The molecule has 20 heavy (non-hydrogen) atoms. The van der Waals surface area contributed by atoms with Gasteiger partial charge in [0.15, 0.2) is 0 Å². The van der Waals surface area contributed by atoms with Crippen molar-refractivity contribution in [1.82, 2.24) is 5.32 Å². The molecular weight excluding hydrogens is 254 g/mol. The zero-order valence-electron chi connectivity index (χ0n) is 12.7. The van der Waals surface area contributed by atoms with Crippen molar-refractivity contribution >= 4 is 0 Å². The molecule has 1 aromatic carbocycles. The molecular formula is C16H25NO3. The van der Waals surface area contributed by atoms with Crippen LogP contribution in [0.4, 0.5) is 0 Å². The van der Waals surface area contributed by atoms with E-state index < -0.39 is 0 Å². The highest BCUT2D eigenvalue weighted by Crippen LogP contribution is 2.32. The van der Waals surface area contributed by atoms with E-state index in [2.05, 4.69) is 11.4 Å². The molecule has 0 bridgehead atoms. The number of hydrogen-bond donors (Lipinski definition) is 1. The Balaban J connectivity index is 2.26. The fourth-order valence-corrected chi connectivity index (χ4v) is 2.87. The second kappa shape index (κ2) is 7.50. The van der Waals surface area contributed by atoms with Gasteiger partial charge in [-0.25, -0.2) is 0 Å². The largest absolute Gasteiger partial charge is 0.497 e. The minimum absolute atomic E-state index is 0.591. The molecule has 1 saturated heterocycles. The Morgan fingerprint density at radius 3 is 2.45 bits per heavy atom. The Bertz CT molecular complexity index is 428. The average molecular weight is 279 g/mol. The van der Waals surface area contributed by atoms with Crippen LogP contribution in [0.1, 0.15) is 24.0 Å². The highest BCUT2D eigenvalue weighted by atomic mass is 16.5. The molecule has 1 aromatic rings. The van der Waals surface area contributed by atoms with Crippen LogP contribution in [-0.2, 0) is 17.8 Å². The minimum Gasteiger partial charge on any atom is -0.497 e. The summed E-state index contributed by atoms with van der Waals surface area (Å²) < 4.78 is 16.2. The Morgan fingerprint density at radius 1 is 1.10 bits per heavy atom. The van der Waals surface area contributed by atoms with Gasteiger partial charge < -0.3 is 19.5 Å². The van der Waals surface area contributed by atoms with Crippen molar-refractivity contribution in [2.24, 2.45) is 5.92 Å². The summed E-state index contributed by atoms with van der Waals surface area (Å²) in [6, 6.07) is 4.03. The van der Waals surface area contributed by atoms with E-state index in [1.165, 1.54) is 24.0 Å². The Hall–Kier alpha value is -1.26. The summed E-state index contributed by atoms with van der Waals surface area (Å²) in [6.45, 7) is 2.82. The van der Waals surface area contributed by atoms with Crippen LogP contribution in [0.2, 0.25) is 0 Å². The fourth-order valence-electron chi connectivity index (χ4n) is 2.87. The highest BCUT2D eigenvalue weighted by Gasteiger charge is 2.19. The van der Waals surface area contributed by atoms with Gasteiger partial charge in [-0.3, -0.25) is 0 Å². The van der Waals surface area contributed by atoms with Gasteiger partial charge in [0.05, 0.1) is 20.8 Å². The normalized spacial score (nSPS) is 16.1. The lowest BCUT2D eigenvalue weighted by Crippen LogP contribution is -2.29. The van der Waals surface area contributed by atoms with Gasteiger partial charge in [0.1, 0.15) is 11.5 Å². The molecule has 1 N–H and O–H groups in total. The predicted molar refractivity (Wildman–Crippen MR) is 79.6 cm³/mol. The van der Waals surface area contributed by atoms with Crippen LogP contribution in [0.25, 0.3) is 0 Å². The first-order valence-electron chi connectivity index (χ1n) is 7.22. The first kappa shape index (κ1) is 15.1. The summed E-state index contributed by atoms with van der Waals surface area (Å²) in [5.41, 5.74) is 2.43. The number of piperidine rings is 1. The molecule has 0 aromatic heterocycles. The highest BCUT2D eigenvalue weighted by molar-refractivity contribution is 5.47. The smallest absolute Gasteiger partial charge is 0.126 e. The lowest BCUT2D eigenvalue weighted by Gasteiger charge is -2.25. The number of methoxy groups -OCH3 is 3. The van der Waals surface area contributed by atoms with Crippen LogP contribution < -0.4 is 14.8 Å². The van der Waals surface area contributed by atoms with Crippen molar-refractivity contribution in [3.05, 3.63) is 23.3 Å². The van der Waals surface area contributed by atoms with E-state index in [-0.39, 0.29) is 0 Å². The van der Waals surface area contributed by atoms with E-state index in [1.54, 1.807) is 21.3 Å². The molecule has 4 nitrogen and oxygen atoms in total. The fraction of sp³-hybridized carbons (Fsp3) is 0.625. The van der Waals surface area contributed by atoms with E-state index >= 15 is 0 Å². The van der Waals surface area contributed by atoms with E-state index in [0.717, 1.165) is 31.0 Å². The maximum atomic E-state index is 5.57. The van der Waals surface area contributed by atoms with Crippen LogP contribution in [0.3, 0.4) is 0 Å². The van der Waals surface area contributed by atoms with Gasteiger partial charge in [-0.1, -0.05) is 0 Å². The molecule has 4 heteroatoms. The summed E-state index contributed by atoms with van der Waals surface area (Å²) in [5, 5.41) is 3.41. The monoisotopic (exact) mass is 279 g/mol. The number of nitrogens with one attached hydrogen (secondary N) is 1. The van der Waals surface area contributed by atoms with E-state index in [4.69, 9.17) is 14.2 Å². The molecule has 0 unspecified atom stereocenters. The molecule has 2 rings (SSSR count). The second-order valence-electron chi connectivity index (χ2n) is 5.30. The summed E-state index contributed by atoms with van der Waals surface area (Å²) in [6.07, 6.45) is 3.50. The van der Waals surface area contributed by atoms with Gasteiger partial charge in [-0.05, 0) is 49.9 Å². The number of rotatable bonds is 6. The van der Waals surface area contributed by atoms with E-state index in [0.29, 0.717) is 12.5 Å². The Labute approximate surface area is 121 Å². The molecule has 0 saturated carbocycles. The van der Waals surface area contributed by atoms with Crippen molar-refractivity contribution < 1.29 is 14.2 Å². The Morgan fingerprint density at radius 2 is 1.85 bits per heavy atom. The Kier molecular flexibility index (Phi) is 5.68. The van der Waals surface area contributed by atoms with Crippen LogP contribution in [0.5, 0.6) is 11.5 Å². The molecule has 0 atom stereocenters.